The number of hydrogen-bond donors (Lipinski definition) is 3. The molecule has 27 heavy (non-hydrogen) atoms. The molecule has 1 aromatic rings. The van der Waals surface area contributed by atoms with Crippen LogP contribution in [-0.2, 0) is 9.53 Å². The Morgan fingerprint density at radius 1 is 1.26 bits per heavy atom. The van der Waals surface area contributed by atoms with Gasteiger partial charge in [0.15, 0.2) is 0 Å². The quantitative estimate of drug-likeness (QED) is 0.427. The van der Waals surface area contributed by atoms with Gasteiger partial charge in [-0.25, -0.2) is 4.79 Å². The highest BCUT2D eigenvalue weighted by Crippen LogP contribution is 2.39. The van der Waals surface area contributed by atoms with E-state index < -0.39 is 11.5 Å². The molecular weight excluding hydrogens is 348 g/mol. The average Bonchev–Trinajstić information content (AvgIpc) is 3.03. The molecule has 7 nitrogen and oxygen atoms in total. The Morgan fingerprint density at radius 2 is 2.00 bits per heavy atom. The SMILES string of the molecule is CCCCCCNc1cc(C(=O)OC)ccc1N1C(=O)CCC1(CO)CO. The molecule has 0 saturated carbocycles. The summed E-state index contributed by atoms with van der Waals surface area (Å²) >= 11 is 0. The molecule has 0 radical (unpaired) electrons. The number of carbonyl (C=O) groups is 2. The van der Waals surface area contributed by atoms with Crippen molar-refractivity contribution in [2.45, 2.75) is 51.0 Å². The molecule has 1 aliphatic heterocycles. The first-order valence-corrected chi connectivity index (χ1v) is 9.54. The summed E-state index contributed by atoms with van der Waals surface area (Å²) in [6.45, 7) is 2.19. The molecule has 0 atom stereocenters. The summed E-state index contributed by atoms with van der Waals surface area (Å²) in [6.07, 6.45) is 4.99. The lowest BCUT2D eigenvalue weighted by Gasteiger charge is -2.36. The van der Waals surface area contributed by atoms with Gasteiger partial charge in [0, 0.05) is 13.0 Å². The zero-order chi connectivity index (χ0) is 19.9. The number of benzene rings is 1. The monoisotopic (exact) mass is 378 g/mol. The summed E-state index contributed by atoms with van der Waals surface area (Å²) in [4.78, 5) is 25.9. The first kappa shape index (κ1) is 21.2. The summed E-state index contributed by atoms with van der Waals surface area (Å²) in [5.41, 5.74) is 0.532. The summed E-state index contributed by atoms with van der Waals surface area (Å²) < 4.78 is 4.79. The van der Waals surface area contributed by atoms with Gasteiger partial charge in [0.25, 0.3) is 0 Å². The van der Waals surface area contributed by atoms with E-state index in [9.17, 15) is 19.8 Å². The van der Waals surface area contributed by atoms with Gasteiger partial charge >= 0.3 is 5.97 Å². The van der Waals surface area contributed by atoms with Crippen molar-refractivity contribution in [2.24, 2.45) is 0 Å². The van der Waals surface area contributed by atoms with E-state index >= 15 is 0 Å². The van der Waals surface area contributed by atoms with E-state index in [1.54, 1.807) is 18.2 Å². The predicted octanol–water partition coefficient (Wildman–Crippen LogP) is 2.32. The molecule has 1 aliphatic rings. The van der Waals surface area contributed by atoms with Crippen molar-refractivity contribution in [1.82, 2.24) is 0 Å². The van der Waals surface area contributed by atoms with Crippen LogP contribution >= 0.6 is 0 Å². The number of amides is 1. The maximum Gasteiger partial charge on any atom is 0.337 e. The molecule has 1 fully saturated rings. The Morgan fingerprint density at radius 3 is 2.63 bits per heavy atom. The van der Waals surface area contributed by atoms with E-state index in [0.29, 0.717) is 29.9 Å². The number of aliphatic hydroxyl groups excluding tert-OH is 2. The standard InChI is InChI=1S/C20H30N2O5/c1-3-4-5-6-11-21-16-12-15(19(26)27-2)7-8-17(16)22-18(25)9-10-20(22,13-23)14-24/h7-8,12,21,23-24H,3-6,9-11,13-14H2,1-2H3. The fourth-order valence-electron chi connectivity index (χ4n) is 3.46. The summed E-state index contributed by atoms with van der Waals surface area (Å²) in [5, 5.41) is 23.0. The molecule has 7 heteroatoms. The van der Waals surface area contributed by atoms with Gasteiger partial charge in [-0.15, -0.1) is 0 Å². The number of nitrogens with one attached hydrogen (secondary N) is 1. The van der Waals surface area contributed by atoms with Gasteiger partial charge < -0.3 is 20.3 Å². The third-order valence-electron chi connectivity index (χ3n) is 5.12. The number of anilines is 2. The minimum Gasteiger partial charge on any atom is -0.465 e. The van der Waals surface area contributed by atoms with Gasteiger partial charge in [0.1, 0.15) is 0 Å². The van der Waals surface area contributed by atoms with E-state index in [2.05, 4.69) is 12.2 Å². The van der Waals surface area contributed by atoms with Crippen LogP contribution in [0.25, 0.3) is 0 Å². The fourth-order valence-corrected chi connectivity index (χ4v) is 3.46. The Labute approximate surface area is 160 Å². The number of nitrogens with zero attached hydrogens (tertiary/aromatic N) is 1. The van der Waals surface area contributed by atoms with Crippen molar-refractivity contribution in [1.29, 1.82) is 0 Å². The minimum absolute atomic E-state index is 0.155. The van der Waals surface area contributed by atoms with E-state index in [0.717, 1.165) is 25.7 Å². The van der Waals surface area contributed by atoms with Gasteiger partial charge in [-0.2, -0.15) is 0 Å². The normalized spacial score (nSPS) is 15.9. The molecule has 0 spiro atoms. The van der Waals surface area contributed by atoms with E-state index in [4.69, 9.17) is 4.74 Å². The minimum atomic E-state index is -1.03. The zero-order valence-electron chi connectivity index (χ0n) is 16.2. The smallest absolute Gasteiger partial charge is 0.337 e. The average molecular weight is 378 g/mol. The van der Waals surface area contributed by atoms with Crippen LogP contribution in [0.4, 0.5) is 11.4 Å². The molecule has 0 aromatic heterocycles. The van der Waals surface area contributed by atoms with Gasteiger partial charge in [-0.3, -0.25) is 9.69 Å². The fraction of sp³-hybridized carbons (Fsp3) is 0.600. The molecule has 1 heterocycles. The van der Waals surface area contributed by atoms with Crippen molar-refractivity contribution in [3.8, 4) is 0 Å². The molecule has 1 aromatic carbocycles. The maximum atomic E-state index is 12.5. The second-order valence-electron chi connectivity index (χ2n) is 6.98. The molecule has 1 saturated heterocycles. The van der Waals surface area contributed by atoms with Crippen LogP contribution in [0.3, 0.4) is 0 Å². The van der Waals surface area contributed by atoms with Crippen molar-refractivity contribution in [3.05, 3.63) is 23.8 Å². The second-order valence-corrected chi connectivity index (χ2v) is 6.98. The number of aliphatic hydroxyl groups is 2. The third kappa shape index (κ3) is 4.59. The topological polar surface area (TPSA) is 99.1 Å². The lowest BCUT2D eigenvalue weighted by atomic mass is 9.97. The molecule has 0 bridgehead atoms. The van der Waals surface area contributed by atoms with Crippen LogP contribution in [0.15, 0.2) is 18.2 Å². The lowest BCUT2D eigenvalue weighted by molar-refractivity contribution is -0.117. The van der Waals surface area contributed by atoms with Crippen LogP contribution < -0.4 is 10.2 Å². The highest BCUT2D eigenvalue weighted by atomic mass is 16.5. The van der Waals surface area contributed by atoms with Gasteiger partial charge in [-0.05, 0) is 31.0 Å². The Bertz CT molecular complexity index is 658. The molecule has 1 amide bonds. The Hall–Kier alpha value is -2.12. The van der Waals surface area contributed by atoms with Crippen molar-refractivity contribution in [2.75, 3.05) is 37.1 Å². The van der Waals surface area contributed by atoms with Crippen molar-refractivity contribution in [3.63, 3.8) is 0 Å². The van der Waals surface area contributed by atoms with E-state index in [1.165, 1.54) is 12.0 Å². The third-order valence-corrected chi connectivity index (χ3v) is 5.12. The van der Waals surface area contributed by atoms with Gasteiger partial charge in [0.05, 0.1) is 42.8 Å². The Kier molecular flexibility index (Phi) is 7.62. The molecule has 150 valence electrons. The molecule has 0 aliphatic carbocycles. The first-order chi connectivity index (χ1) is 13.0. The number of hydrogen-bond acceptors (Lipinski definition) is 6. The number of carbonyl (C=O) groups excluding carboxylic acids is 2. The van der Waals surface area contributed by atoms with Gasteiger partial charge in [0.2, 0.25) is 5.91 Å². The summed E-state index contributed by atoms with van der Waals surface area (Å²) in [5.74, 6) is -0.614. The largest absolute Gasteiger partial charge is 0.465 e. The highest BCUT2D eigenvalue weighted by molar-refractivity contribution is 6.02. The van der Waals surface area contributed by atoms with Crippen LogP contribution in [0.5, 0.6) is 0 Å². The molecular formula is C20H30N2O5. The molecule has 0 unspecified atom stereocenters. The zero-order valence-corrected chi connectivity index (χ0v) is 16.2. The van der Waals surface area contributed by atoms with Crippen LogP contribution in [-0.4, -0.2) is 54.5 Å². The van der Waals surface area contributed by atoms with Crippen molar-refractivity contribution < 1.29 is 24.5 Å². The van der Waals surface area contributed by atoms with Crippen LogP contribution in [0, 0.1) is 0 Å². The number of unbranched alkanes of at least 4 members (excludes halogenated alkanes) is 3. The van der Waals surface area contributed by atoms with E-state index in [1.807, 2.05) is 0 Å². The van der Waals surface area contributed by atoms with Crippen LogP contribution in [0.1, 0.15) is 55.8 Å². The highest BCUT2D eigenvalue weighted by Gasteiger charge is 2.46. The maximum absolute atomic E-state index is 12.5. The molecule has 2 rings (SSSR count). The van der Waals surface area contributed by atoms with Crippen molar-refractivity contribution >= 4 is 23.3 Å². The Balaban J connectivity index is 2.35. The predicted molar refractivity (Wildman–Crippen MR) is 104 cm³/mol. The molecule has 3 N–H and O–H groups in total. The summed E-state index contributed by atoms with van der Waals surface area (Å²) in [7, 11) is 1.32. The van der Waals surface area contributed by atoms with Crippen LogP contribution in [0.2, 0.25) is 0 Å². The lowest BCUT2D eigenvalue weighted by Crippen LogP contribution is -2.52. The van der Waals surface area contributed by atoms with E-state index in [-0.39, 0.29) is 25.5 Å². The number of ether oxygens (including phenoxy) is 1. The number of methoxy groups -OCH3 is 1. The van der Waals surface area contributed by atoms with Gasteiger partial charge in [-0.1, -0.05) is 26.2 Å². The first-order valence-electron chi connectivity index (χ1n) is 9.54. The number of esters is 1. The number of rotatable bonds is 10. The summed E-state index contributed by atoms with van der Waals surface area (Å²) in [6, 6.07) is 4.92. The second kappa shape index (κ2) is 9.71.